The lowest BCUT2D eigenvalue weighted by Gasteiger charge is -2.42. The average Bonchev–Trinajstić information content (AvgIpc) is 2.58. The summed E-state index contributed by atoms with van der Waals surface area (Å²) in [6.07, 6.45) is 2.63. The van der Waals surface area contributed by atoms with Crippen molar-refractivity contribution in [3.05, 3.63) is 21.4 Å². The van der Waals surface area contributed by atoms with E-state index in [9.17, 15) is 0 Å². The van der Waals surface area contributed by atoms with Gasteiger partial charge >= 0.3 is 0 Å². The number of thiophene rings is 1. The molecule has 1 aromatic heterocycles. The Labute approximate surface area is 115 Å². The minimum Gasteiger partial charge on any atom is -0.329 e. The zero-order chi connectivity index (χ0) is 13.3. The number of aryl methyl sites for hydroxylation is 2. The van der Waals surface area contributed by atoms with E-state index < -0.39 is 0 Å². The molecule has 18 heavy (non-hydrogen) atoms. The van der Waals surface area contributed by atoms with Gasteiger partial charge in [0.15, 0.2) is 0 Å². The summed E-state index contributed by atoms with van der Waals surface area (Å²) in [5.41, 5.74) is 7.96. The third-order valence-electron chi connectivity index (χ3n) is 4.03. The van der Waals surface area contributed by atoms with Crippen molar-refractivity contribution in [1.29, 1.82) is 0 Å². The molecule has 2 nitrogen and oxygen atoms in total. The zero-order valence-corrected chi connectivity index (χ0v) is 12.9. The summed E-state index contributed by atoms with van der Waals surface area (Å²) in [6, 6.07) is 2.74. The van der Waals surface area contributed by atoms with Gasteiger partial charge in [-0.2, -0.15) is 0 Å². The lowest BCUT2D eigenvalue weighted by Crippen LogP contribution is -2.44. The molecule has 2 heterocycles. The Morgan fingerprint density at radius 3 is 2.67 bits per heavy atom. The first kappa shape index (κ1) is 14.0. The number of piperidine rings is 1. The van der Waals surface area contributed by atoms with Gasteiger partial charge in [0.25, 0.3) is 0 Å². The van der Waals surface area contributed by atoms with E-state index in [-0.39, 0.29) is 0 Å². The van der Waals surface area contributed by atoms with Gasteiger partial charge in [-0.3, -0.25) is 4.90 Å². The van der Waals surface area contributed by atoms with Gasteiger partial charge in [-0.25, -0.2) is 0 Å². The predicted molar refractivity (Wildman–Crippen MR) is 80.2 cm³/mol. The second-order valence-corrected chi connectivity index (χ2v) is 7.82. The zero-order valence-electron chi connectivity index (χ0n) is 12.1. The van der Waals surface area contributed by atoms with Crippen LogP contribution in [0.25, 0.3) is 0 Å². The van der Waals surface area contributed by atoms with E-state index in [1.165, 1.54) is 41.2 Å². The fourth-order valence-corrected chi connectivity index (χ4v) is 4.17. The summed E-state index contributed by atoms with van der Waals surface area (Å²) in [4.78, 5) is 5.43. The third kappa shape index (κ3) is 2.95. The maximum Gasteiger partial charge on any atom is 0.0481 e. The topological polar surface area (TPSA) is 29.3 Å². The Hall–Kier alpha value is -0.380. The van der Waals surface area contributed by atoms with Gasteiger partial charge in [-0.05, 0) is 50.3 Å². The van der Waals surface area contributed by atoms with Gasteiger partial charge < -0.3 is 5.73 Å². The van der Waals surface area contributed by atoms with Crippen molar-refractivity contribution in [3.63, 3.8) is 0 Å². The SMILES string of the molecule is Cc1cc(C(CN)N2CCCC(C)(C)C2)c(C)s1. The molecule has 0 spiro atoms. The van der Waals surface area contributed by atoms with Crippen molar-refractivity contribution in [3.8, 4) is 0 Å². The van der Waals surface area contributed by atoms with Crippen LogP contribution in [-0.4, -0.2) is 24.5 Å². The predicted octanol–water partition coefficient (Wildman–Crippen LogP) is 3.49. The van der Waals surface area contributed by atoms with Crippen molar-refractivity contribution in [2.24, 2.45) is 11.1 Å². The standard InChI is InChI=1S/C15H26N2S/c1-11-8-13(12(2)18-11)14(9-16)17-7-5-6-15(3,4)10-17/h8,14H,5-7,9-10,16H2,1-4H3. The summed E-state index contributed by atoms with van der Waals surface area (Å²) in [7, 11) is 0. The van der Waals surface area contributed by atoms with Crippen LogP contribution in [-0.2, 0) is 0 Å². The van der Waals surface area contributed by atoms with Crippen molar-refractivity contribution >= 4 is 11.3 Å². The van der Waals surface area contributed by atoms with Gasteiger partial charge in [0.1, 0.15) is 0 Å². The van der Waals surface area contributed by atoms with Gasteiger partial charge in [0.05, 0.1) is 0 Å². The largest absolute Gasteiger partial charge is 0.329 e. The molecule has 0 radical (unpaired) electrons. The fourth-order valence-electron chi connectivity index (χ4n) is 3.19. The van der Waals surface area contributed by atoms with Gasteiger partial charge in [-0.15, -0.1) is 11.3 Å². The molecule has 1 aliphatic rings. The smallest absolute Gasteiger partial charge is 0.0481 e. The Kier molecular flexibility index (Phi) is 4.15. The van der Waals surface area contributed by atoms with Crippen molar-refractivity contribution < 1.29 is 0 Å². The molecule has 1 fully saturated rings. The molecular formula is C15H26N2S. The van der Waals surface area contributed by atoms with Crippen molar-refractivity contribution in [1.82, 2.24) is 4.90 Å². The summed E-state index contributed by atoms with van der Waals surface area (Å²) in [5, 5.41) is 0. The molecule has 0 saturated carbocycles. The van der Waals surface area contributed by atoms with E-state index in [0.717, 1.165) is 6.54 Å². The summed E-state index contributed by atoms with van der Waals surface area (Å²) in [5.74, 6) is 0. The van der Waals surface area contributed by atoms with Crippen molar-refractivity contribution in [2.75, 3.05) is 19.6 Å². The van der Waals surface area contributed by atoms with Crippen LogP contribution in [0.2, 0.25) is 0 Å². The number of hydrogen-bond donors (Lipinski definition) is 1. The molecule has 1 unspecified atom stereocenters. The van der Waals surface area contributed by atoms with E-state index in [1.54, 1.807) is 0 Å². The van der Waals surface area contributed by atoms with Crippen LogP contribution >= 0.6 is 11.3 Å². The quantitative estimate of drug-likeness (QED) is 0.907. The highest BCUT2D eigenvalue weighted by Gasteiger charge is 2.31. The number of hydrogen-bond acceptors (Lipinski definition) is 3. The van der Waals surface area contributed by atoms with Crippen LogP contribution < -0.4 is 5.73 Å². The molecule has 0 bridgehead atoms. The van der Waals surface area contributed by atoms with Crippen LogP contribution in [0.4, 0.5) is 0 Å². The molecule has 1 aliphatic heterocycles. The van der Waals surface area contributed by atoms with Crippen molar-refractivity contribution in [2.45, 2.75) is 46.6 Å². The maximum absolute atomic E-state index is 6.07. The van der Waals surface area contributed by atoms with Gasteiger partial charge in [0.2, 0.25) is 0 Å². The lowest BCUT2D eigenvalue weighted by atomic mass is 9.83. The lowest BCUT2D eigenvalue weighted by molar-refractivity contribution is 0.0806. The Morgan fingerprint density at radius 2 is 2.17 bits per heavy atom. The average molecular weight is 266 g/mol. The van der Waals surface area contributed by atoms with E-state index in [0.29, 0.717) is 11.5 Å². The Morgan fingerprint density at radius 1 is 1.44 bits per heavy atom. The van der Waals surface area contributed by atoms with E-state index in [1.807, 2.05) is 11.3 Å². The first-order valence-corrected chi connectivity index (χ1v) is 7.76. The Bertz CT molecular complexity index is 409. The summed E-state index contributed by atoms with van der Waals surface area (Å²) in [6.45, 7) is 12.3. The van der Waals surface area contributed by atoms with E-state index in [4.69, 9.17) is 5.73 Å². The van der Waals surface area contributed by atoms with E-state index in [2.05, 4.69) is 38.7 Å². The number of rotatable bonds is 3. The first-order valence-electron chi connectivity index (χ1n) is 6.94. The summed E-state index contributed by atoms with van der Waals surface area (Å²) < 4.78 is 0. The molecule has 1 saturated heterocycles. The highest BCUT2D eigenvalue weighted by Crippen LogP contribution is 2.36. The molecule has 102 valence electrons. The second-order valence-electron chi connectivity index (χ2n) is 6.36. The molecule has 0 aliphatic carbocycles. The molecule has 3 heteroatoms. The van der Waals surface area contributed by atoms with Crippen LogP contribution in [0.5, 0.6) is 0 Å². The first-order chi connectivity index (χ1) is 8.43. The monoisotopic (exact) mass is 266 g/mol. The maximum atomic E-state index is 6.07. The minimum atomic E-state index is 0.412. The second kappa shape index (κ2) is 5.32. The molecule has 0 aromatic carbocycles. The molecule has 2 N–H and O–H groups in total. The van der Waals surface area contributed by atoms with Crippen LogP contribution in [0.3, 0.4) is 0 Å². The molecule has 0 amide bonds. The molecule has 1 atom stereocenters. The molecule has 1 aromatic rings. The van der Waals surface area contributed by atoms with Crippen LogP contribution in [0.1, 0.15) is 48.0 Å². The van der Waals surface area contributed by atoms with Gasteiger partial charge in [-0.1, -0.05) is 13.8 Å². The highest BCUT2D eigenvalue weighted by atomic mass is 32.1. The normalized spacial score (nSPS) is 22.1. The highest BCUT2D eigenvalue weighted by molar-refractivity contribution is 7.12. The van der Waals surface area contributed by atoms with Crippen LogP contribution in [0, 0.1) is 19.3 Å². The third-order valence-corrected chi connectivity index (χ3v) is 5.01. The minimum absolute atomic E-state index is 0.412. The molecule has 2 rings (SSSR count). The molecular weight excluding hydrogens is 240 g/mol. The number of nitrogens with two attached hydrogens (primary N) is 1. The van der Waals surface area contributed by atoms with Gasteiger partial charge in [0, 0.05) is 28.9 Å². The number of nitrogens with zero attached hydrogens (tertiary/aromatic N) is 1. The summed E-state index contributed by atoms with van der Waals surface area (Å²) >= 11 is 1.89. The van der Waals surface area contributed by atoms with E-state index >= 15 is 0 Å². The fraction of sp³-hybridized carbons (Fsp3) is 0.733. The van der Waals surface area contributed by atoms with Crippen LogP contribution in [0.15, 0.2) is 6.07 Å². The Balaban J connectivity index is 2.20. The number of likely N-dealkylation sites (tertiary alicyclic amines) is 1.